The van der Waals surface area contributed by atoms with E-state index in [9.17, 15) is 4.79 Å². The molecule has 18 heavy (non-hydrogen) atoms. The Hall–Kier alpha value is -1.31. The van der Waals surface area contributed by atoms with Crippen molar-refractivity contribution in [3.05, 3.63) is 36.5 Å². The highest BCUT2D eigenvalue weighted by Crippen LogP contribution is 1.99. The van der Waals surface area contributed by atoms with Crippen molar-refractivity contribution < 1.29 is 9.53 Å². The Morgan fingerprint density at radius 3 is 2.56 bits per heavy atom. The van der Waals surface area contributed by atoms with Gasteiger partial charge in [-0.05, 0) is 25.7 Å². The zero-order valence-electron chi connectivity index (χ0n) is 11.7. The topological polar surface area (TPSA) is 26.3 Å². The van der Waals surface area contributed by atoms with Crippen molar-refractivity contribution in [2.24, 2.45) is 0 Å². The molecule has 0 N–H and O–H groups in total. The molecule has 0 unspecified atom stereocenters. The highest BCUT2D eigenvalue weighted by atomic mass is 16.5. The Bertz CT molecular complexity index is 275. The molecule has 0 aliphatic carbocycles. The summed E-state index contributed by atoms with van der Waals surface area (Å²) in [5, 5.41) is 0. The van der Waals surface area contributed by atoms with Crippen LogP contribution in [-0.2, 0) is 9.53 Å². The third kappa shape index (κ3) is 12.8. The maximum Gasteiger partial charge on any atom is 0.330 e. The number of carbonyl (C=O) groups excluding carboxylic acids is 1. The molecule has 0 aliphatic heterocycles. The van der Waals surface area contributed by atoms with Gasteiger partial charge in [-0.1, -0.05) is 57.1 Å². The molecule has 2 heteroatoms. The van der Waals surface area contributed by atoms with Crippen LogP contribution in [0.3, 0.4) is 0 Å². The quantitative estimate of drug-likeness (QED) is 0.186. The predicted octanol–water partition coefficient (Wildman–Crippen LogP) is 4.58. The summed E-state index contributed by atoms with van der Waals surface area (Å²) < 4.78 is 5.02. The molecule has 0 heterocycles. The monoisotopic (exact) mass is 250 g/mol. The molecule has 102 valence electrons. The summed E-state index contributed by atoms with van der Waals surface area (Å²) >= 11 is 0. The van der Waals surface area contributed by atoms with Crippen molar-refractivity contribution in [2.75, 3.05) is 6.61 Å². The molecule has 0 aromatic heterocycles. The zero-order chi connectivity index (χ0) is 13.5. The molecule has 0 aromatic carbocycles. The van der Waals surface area contributed by atoms with Gasteiger partial charge in [-0.15, -0.1) is 0 Å². The largest absolute Gasteiger partial charge is 0.462 e. The first-order chi connectivity index (χ1) is 8.81. The van der Waals surface area contributed by atoms with Gasteiger partial charge in [0.25, 0.3) is 0 Å². The molecular weight excluding hydrogens is 224 g/mol. The summed E-state index contributed by atoms with van der Waals surface area (Å²) in [4.78, 5) is 11.2. The summed E-state index contributed by atoms with van der Waals surface area (Å²) in [5.41, 5.74) is 0. The van der Waals surface area contributed by atoms with Crippen LogP contribution in [0.2, 0.25) is 0 Å². The number of carbonyl (C=O) groups is 1. The van der Waals surface area contributed by atoms with Crippen molar-refractivity contribution in [2.45, 2.75) is 52.4 Å². The van der Waals surface area contributed by atoms with Gasteiger partial charge in [0, 0.05) is 6.08 Å². The van der Waals surface area contributed by atoms with Gasteiger partial charge in [-0.25, -0.2) is 4.79 Å². The molecule has 0 saturated carbocycles. The predicted molar refractivity (Wildman–Crippen MR) is 77.4 cm³/mol. The van der Waals surface area contributed by atoms with Crippen LogP contribution in [0, 0.1) is 0 Å². The molecule has 0 bridgehead atoms. The molecular formula is C16H26O2. The van der Waals surface area contributed by atoms with Gasteiger partial charge in [0.15, 0.2) is 0 Å². The van der Waals surface area contributed by atoms with E-state index in [0.717, 1.165) is 19.3 Å². The highest BCUT2D eigenvalue weighted by Gasteiger charge is 1.93. The lowest BCUT2D eigenvalue weighted by atomic mass is 10.2. The number of unbranched alkanes of at least 4 members (excludes halogenated alkanes) is 3. The molecule has 0 saturated heterocycles. The SMILES string of the molecule is CC/C=C/CCOC(=O)/C=C/C=C/CCCCC. The molecule has 0 rings (SSSR count). The van der Waals surface area contributed by atoms with E-state index in [1.54, 1.807) is 6.08 Å². The second-order valence-corrected chi connectivity index (χ2v) is 4.12. The Labute approximate surface area is 111 Å². The van der Waals surface area contributed by atoms with Crippen LogP contribution in [-0.4, -0.2) is 12.6 Å². The normalized spacial score (nSPS) is 11.9. The van der Waals surface area contributed by atoms with Crippen molar-refractivity contribution >= 4 is 5.97 Å². The van der Waals surface area contributed by atoms with Gasteiger partial charge in [0.1, 0.15) is 0 Å². The number of rotatable bonds is 10. The van der Waals surface area contributed by atoms with Gasteiger partial charge in [0.05, 0.1) is 6.61 Å². The van der Waals surface area contributed by atoms with E-state index < -0.39 is 0 Å². The molecule has 2 nitrogen and oxygen atoms in total. The Balaban J connectivity index is 3.52. The van der Waals surface area contributed by atoms with E-state index in [-0.39, 0.29) is 5.97 Å². The Kier molecular flexibility index (Phi) is 12.8. The maximum absolute atomic E-state index is 11.2. The van der Waals surface area contributed by atoms with Crippen molar-refractivity contribution in [1.29, 1.82) is 0 Å². The number of allylic oxidation sites excluding steroid dienone is 4. The fourth-order valence-electron chi connectivity index (χ4n) is 1.38. The van der Waals surface area contributed by atoms with Gasteiger partial charge in [0.2, 0.25) is 0 Å². The lowest BCUT2D eigenvalue weighted by molar-refractivity contribution is -0.137. The summed E-state index contributed by atoms with van der Waals surface area (Å²) in [6.45, 7) is 4.73. The van der Waals surface area contributed by atoms with Crippen molar-refractivity contribution in [3.63, 3.8) is 0 Å². The molecule has 0 aliphatic rings. The third-order valence-electron chi connectivity index (χ3n) is 2.39. The average Bonchev–Trinajstić information content (AvgIpc) is 2.37. The van der Waals surface area contributed by atoms with Crippen LogP contribution in [0.1, 0.15) is 52.4 Å². The number of esters is 1. The third-order valence-corrected chi connectivity index (χ3v) is 2.39. The van der Waals surface area contributed by atoms with Crippen LogP contribution < -0.4 is 0 Å². The zero-order valence-corrected chi connectivity index (χ0v) is 11.7. The average molecular weight is 250 g/mol. The Morgan fingerprint density at radius 1 is 1.00 bits per heavy atom. The second-order valence-electron chi connectivity index (χ2n) is 4.12. The van der Waals surface area contributed by atoms with Crippen LogP contribution in [0.4, 0.5) is 0 Å². The standard InChI is InChI=1S/C16H26O2/c1-3-5-7-9-10-11-12-14-16(17)18-15-13-8-6-4-2/h6,8,10-12,14H,3-5,7,9,13,15H2,1-2H3/b8-6+,11-10+,14-12+. The van der Waals surface area contributed by atoms with Gasteiger partial charge in [-0.3, -0.25) is 0 Å². The van der Waals surface area contributed by atoms with Gasteiger partial charge in [-0.2, -0.15) is 0 Å². The molecule has 0 fully saturated rings. The summed E-state index contributed by atoms with van der Waals surface area (Å²) in [5.74, 6) is -0.266. The number of hydrogen-bond acceptors (Lipinski definition) is 2. The summed E-state index contributed by atoms with van der Waals surface area (Å²) in [6, 6.07) is 0. The first-order valence-corrected chi connectivity index (χ1v) is 6.96. The highest BCUT2D eigenvalue weighted by molar-refractivity contribution is 5.82. The molecule has 0 aromatic rings. The van der Waals surface area contributed by atoms with Crippen LogP contribution >= 0.6 is 0 Å². The fourth-order valence-corrected chi connectivity index (χ4v) is 1.38. The van der Waals surface area contributed by atoms with E-state index in [1.165, 1.54) is 25.3 Å². The summed E-state index contributed by atoms with van der Waals surface area (Å²) in [6.07, 6.45) is 17.9. The van der Waals surface area contributed by atoms with E-state index >= 15 is 0 Å². The maximum atomic E-state index is 11.2. The smallest absolute Gasteiger partial charge is 0.330 e. The van der Waals surface area contributed by atoms with Crippen molar-refractivity contribution in [3.8, 4) is 0 Å². The minimum atomic E-state index is -0.266. The minimum absolute atomic E-state index is 0.266. The lowest BCUT2D eigenvalue weighted by Crippen LogP contribution is -2.00. The van der Waals surface area contributed by atoms with Crippen LogP contribution in [0.25, 0.3) is 0 Å². The van der Waals surface area contributed by atoms with Gasteiger partial charge < -0.3 is 4.74 Å². The van der Waals surface area contributed by atoms with E-state index in [4.69, 9.17) is 4.74 Å². The molecule has 0 spiro atoms. The summed E-state index contributed by atoms with van der Waals surface area (Å²) in [7, 11) is 0. The van der Waals surface area contributed by atoms with Crippen LogP contribution in [0.15, 0.2) is 36.5 Å². The van der Waals surface area contributed by atoms with Crippen molar-refractivity contribution in [1.82, 2.24) is 0 Å². The first kappa shape index (κ1) is 16.7. The molecule has 0 amide bonds. The van der Waals surface area contributed by atoms with E-state index in [1.807, 2.05) is 12.2 Å². The fraction of sp³-hybridized carbons (Fsp3) is 0.562. The van der Waals surface area contributed by atoms with E-state index in [2.05, 4.69) is 26.0 Å². The van der Waals surface area contributed by atoms with Gasteiger partial charge >= 0.3 is 5.97 Å². The number of hydrogen-bond donors (Lipinski definition) is 0. The minimum Gasteiger partial charge on any atom is -0.462 e. The Morgan fingerprint density at radius 2 is 1.83 bits per heavy atom. The molecule has 0 atom stereocenters. The second kappa shape index (κ2) is 13.8. The number of ether oxygens (including phenoxy) is 1. The van der Waals surface area contributed by atoms with E-state index in [0.29, 0.717) is 6.61 Å². The lowest BCUT2D eigenvalue weighted by Gasteiger charge is -1.97. The first-order valence-electron chi connectivity index (χ1n) is 6.96. The molecule has 0 radical (unpaired) electrons. The van der Waals surface area contributed by atoms with Crippen LogP contribution in [0.5, 0.6) is 0 Å².